The van der Waals surface area contributed by atoms with E-state index in [9.17, 15) is 9.59 Å². The zero-order valence-corrected chi connectivity index (χ0v) is 16.7. The first-order valence-corrected chi connectivity index (χ1v) is 9.32. The van der Waals surface area contributed by atoms with Crippen LogP contribution in [0.15, 0.2) is 42.5 Å². The molecule has 0 spiro atoms. The summed E-state index contributed by atoms with van der Waals surface area (Å²) in [6.45, 7) is 3.92. The fourth-order valence-corrected chi connectivity index (χ4v) is 3.43. The van der Waals surface area contributed by atoms with E-state index in [1.807, 2.05) is 61.3 Å². The Labute approximate surface area is 166 Å². The molecule has 3 rings (SSSR count). The average Bonchev–Trinajstić information content (AvgIpc) is 2.70. The van der Waals surface area contributed by atoms with Gasteiger partial charge in [0.15, 0.2) is 0 Å². The van der Waals surface area contributed by atoms with Crippen LogP contribution in [0, 0.1) is 5.92 Å². The van der Waals surface area contributed by atoms with Crippen molar-refractivity contribution >= 4 is 35.0 Å². The van der Waals surface area contributed by atoms with E-state index in [0.29, 0.717) is 19.6 Å². The zero-order valence-electron chi connectivity index (χ0n) is 15.9. The molecular formula is C21H28ClN3O2. The number of halogens is 1. The second kappa shape index (κ2) is 9.72. The maximum absolute atomic E-state index is 13.0. The van der Waals surface area contributed by atoms with Gasteiger partial charge in [0.1, 0.15) is 0 Å². The first-order chi connectivity index (χ1) is 12.6. The van der Waals surface area contributed by atoms with E-state index in [-0.39, 0.29) is 36.2 Å². The fraction of sp³-hybridized carbons (Fsp3) is 0.429. The molecule has 2 aromatic rings. The normalized spacial score (nSPS) is 15.9. The molecule has 0 aromatic heterocycles. The van der Waals surface area contributed by atoms with Crippen molar-refractivity contribution in [1.29, 1.82) is 0 Å². The number of likely N-dealkylation sites (tertiary alicyclic amines) is 1. The van der Waals surface area contributed by atoms with Gasteiger partial charge in [-0.3, -0.25) is 9.59 Å². The van der Waals surface area contributed by atoms with E-state index in [4.69, 9.17) is 0 Å². The van der Waals surface area contributed by atoms with Crippen molar-refractivity contribution in [2.45, 2.75) is 25.8 Å². The number of fused-ring (bicyclic) bond motifs is 1. The molecule has 1 saturated heterocycles. The number of hydrogen-bond donors (Lipinski definition) is 2. The molecule has 1 fully saturated rings. The SMILES string of the molecule is CNC(C)CNC(=O)C1CCN(C(=O)c2cccc3ccccc23)CC1.Cl. The van der Waals surface area contributed by atoms with Gasteiger partial charge in [-0.25, -0.2) is 0 Å². The van der Waals surface area contributed by atoms with E-state index in [1.54, 1.807) is 0 Å². The van der Waals surface area contributed by atoms with Crippen molar-refractivity contribution in [1.82, 2.24) is 15.5 Å². The van der Waals surface area contributed by atoms with Crippen LogP contribution < -0.4 is 10.6 Å². The standard InChI is InChI=1S/C21H27N3O2.ClH/c1-15(22-2)14-23-20(25)17-10-12-24(13-11-17)21(26)19-9-5-7-16-6-3-4-8-18(16)19;/h3-9,15,17,22H,10-14H2,1-2H3,(H,23,25);1H. The van der Waals surface area contributed by atoms with E-state index in [0.717, 1.165) is 29.2 Å². The minimum Gasteiger partial charge on any atom is -0.354 e. The maximum Gasteiger partial charge on any atom is 0.254 e. The number of nitrogens with zero attached hydrogens (tertiary/aromatic N) is 1. The average molecular weight is 390 g/mol. The summed E-state index contributed by atoms with van der Waals surface area (Å²) in [5.74, 6) is 0.157. The number of carbonyl (C=O) groups excluding carboxylic acids is 2. The lowest BCUT2D eigenvalue weighted by Gasteiger charge is -2.32. The summed E-state index contributed by atoms with van der Waals surface area (Å²) >= 11 is 0. The van der Waals surface area contributed by atoms with Gasteiger partial charge in [-0.2, -0.15) is 0 Å². The fourth-order valence-electron chi connectivity index (χ4n) is 3.43. The molecule has 1 unspecified atom stereocenters. The Bertz CT molecular complexity index is 783. The second-order valence-electron chi connectivity index (χ2n) is 7.03. The number of hydrogen-bond acceptors (Lipinski definition) is 3. The Hall–Kier alpha value is -2.11. The van der Waals surface area contributed by atoms with Crippen molar-refractivity contribution in [2.24, 2.45) is 5.92 Å². The van der Waals surface area contributed by atoms with Gasteiger partial charge in [-0.15, -0.1) is 12.4 Å². The number of benzene rings is 2. The third-order valence-corrected chi connectivity index (χ3v) is 5.25. The van der Waals surface area contributed by atoms with Gasteiger partial charge in [0.25, 0.3) is 5.91 Å². The number of rotatable bonds is 5. The predicted octanol–water partition coefficient (Wildman–Crippen LogP) is 2.84. The Morgan fingerprint density at radius 3 is 2.48 bits per heavy atom. The summed E-state index contributed by atoms with van der Waals surface area (Å²) in [5, 5.41) is 8.17. The predicted molar refractivity (Wildman–Crippen MR) is 111 cm³/mol. The first-order valence-electron chi connectivity index (χ1n) is 9.32. The number of piperidine rings is 1. The lowest BCUT2D eigenvalue weighted by atomic mass is 9.94. The highest BCUT2D eigenvalue weighted by molar-refractivity contribution is 6.07. The maximum atomic E-state index is 13.0. The highest BCUT2D eigenvalue weighted by Gasteiger charge is 2.28. The molecule has 5 nitrogen and oxygen atoms in total. The van der Waals surface area contributed by atoms with Crippen LogP contribution in [-0.2, 0) is 4.79 Å². The number of carbonyl (C=O) groups is 2. The summed E-state index contributed by atoms with van der Waals surface area (Å²) in [6.07, 6.45) is 1.44. The van der Waals surface area contributed by atoms with Crippen molar-refractivity contribution in [3.05, 3.63) is 48.0 Å². The molecule has 1 atom stereocenters. The van der Waals surface area contributed by atoms with Crippen molar-refractivity contribution < 1.29 is 9.59 Å². The number of likely N-dealkylation sites (N-methyl/N-ethyl adjacent to an activating group) is 1. The Kier molecular flexibility index (Phi) is 7.63. The molecule has 146 valence electrons. The highest BCUT2D eigenvalue weighted by Crippen LogP contribution is 2.23. The van der Waals surface area contributed by atoms with Gasteiger partial charge >= 0.3 is 0 Å². The molecule has 2 N–H and O–H groups in total. The van der Waals surface area contributed by atoms with Crippen molar-refractivity contribution in [3.8, 4) is 0 Å². The van der Waals surface area contributed by atoms with Gasteiger partial charge in [0.2, 0.25) is 5.91 Å². The monoisotopic (exact) mass is 389 g/mol. The molecule has 2 aromatic carbocycles. The molecule has 6 heteroatoms. The van der Waals surface area contributed by atoms with E-state index >= 15 is 0 Å². The summed E-state index contributed by atoms with van der Waals surface area (Å²) < 4.78 is 0. The largest absolute Gasteiger partial charge is 0.354 e. The van der Waals surface area contributed by atoms with Gasteiger partial charge in [-0.05, 0) is 43.7 Å². The van der Waals surface area contributed by atoms with Crippen LogP contribution in [0.2, 0.25) is 0 Å². The van der Waals surface area contributed by atoms with Gasteiger partial charge in [0.05, 0.1) is 0 Å². The molecule has 0 aliphatic carbocycles. The molecule has 0 radical (unpaired) electrons. The molecule has 0 saturated carbocycles. The molecule has 0 bridgehead atoms. The molecule has 27 heavy (non-hydrogen) atoms. The van der Waals surface area contributed by atoms with E-state index < -0.39 is 0 Å². The van der Waals surface area contributed by atoms with Crippen LogP contribution in [0.25, 0.3) is 10.8 Å². The van der Waals surface area contributed by atoms with Crippen molar-refractivity contribution in [3.63, 3.8) is 0 Å². The van der Waals surface area contributed by atoms with Crippen LogP contribution in [0.3, 0.4) is 0 Å². The summed E-state index contributed by atoms with van der Waals surface area (Å²) in [7, 11) is 1.88. The minimum absolute atomic E-state index is 0. The Balaban J connectivity index is 0.00000261. The molecular weight excluding hydrogens is 362 g/mol. The molecule has 1 aliphatic rings. The van der Waals surface area contributed by atoms with Gasteiger partial charge in [-0.1, -0.05) is 36.4 Å². The smallest absolute Gasteiger partial charge is 0.254 e. The minimum atomic E-state index is -0.00405. The van der Waals surface area contributed by atoms with Gasteiger partial charge in [0, 0.05) is 37.2 Å². The topological polar surface area (TPSA) is 61.4 Å². The van der Waals surface area contributed by atoms with Crippen molar-refractivity contribution in [2.75, 3.05) is 26.7 Å². The van der Waals surface area contributed by atoms with Crippen LogP contribution in [0.4, 0.5) is 0 Å². The zero-order chi connectivity index (χ0) is 18.5. The van der Waals surface area contributed by atoms with Gasteiger partial charge < -0.3 is 15.5 Å². The Morgan fingerprint density at radius 1 is 1.11 bits per heavy atom. The summed E-state index contributed by atoms with van der Waals surface area (Å²) in [6, 6.07) is 14.1. The summed E-state index contributed by atoms with van der Waals surface area (Å²) in [4.78, 5) is 27.1. The lowest BCUT2D eigenvalue weighted by molar-refractivity contribution is -0.126. The molecule has 2 amide bonds. The van der Waals surface area contributed by atoms with Crippen LogP contribution >= 0.6 is 12.4 Å². The number of amides is 2. The van der Waals surface area contributed by atoms with E-state index in [1.165, 1.54) is 0 Å². The third kappa shape index (κ3) is 4.99. The van der Waals surface area contributed by atoms with E-state index in [2.05, 4.69) is 10.6 Å². The van der Waals surface area contributed by atoms with Crippen LogP contribution in [-0.4, -0.2) is 49.4 Å². The Morgan fingerprint density at radius 2 is 1.78 bits per heavy atom. The molecule has 1 aliphatic heterocycles. The highest BCUT2D eigenvalue weighted by atomic mass is 35.5. The van der Waals surface area contributed by atoms with Crippen LogP contribution in [0.1, 0.15) is 30.1 Å². The lowest BCUT2D eigenvalue weighted by Crippen LogP contribution is -2.45. The third-order valence-electron chi connectivity index (χ3n) is 5.25. The second-order valence-corrected chi connectivity index (χ2v) is 7.03. The van der Waals surface area contributed by atoms with Crippen LogP contribution in [0.5, 0.6) is 0 Å². The molecule has 1 heterocycles. The quantitative estimate of drug-likeness (QED) is 0.826. The summed E-state index contributed by atoms with van der Waals surface area (Å²) in [5.41, 5.74) is 0.744. The number of nitrogens with one attached hydrogen (secondary N) is 2. The first kappa shape index (κ1) is 21.2.